The van der Waals surface area contributed by atoms with E-state index >= 15 is 0 Å². The summed E-state index contributed by atoms with van der Waals surface area (Å²) in [5, 5.41) is 0.611. The van der Waals surface area contributed by atoms with E-state index in [2.05, 4.69) is 26.8 Å². The molecule has 0 atom stereocenters. The first-order chi connectivity index (χ1) is 11.6. The zero-order valence-corrected chi connectivity index (χ0v) is 13.8. The first-order valence-corrected chi connectivity index (χ1v) is 7.73. The Hall–Kier alpha value is -2.93. The van der Waals surface area contributed by atoms with Crippen molar-refractivity contribution in [2.45, 2.75) is 0 Å². The van der Waals surface area contributed by atoms with Crippen molar-refractivity contribution in [3.63, 3.8) is 0 Å². The van der Waals surface area contributed by atoms with Crippen LogP contribution in [-0.2, 0) is 0 Å². The van der Waals surface area contributed by atoms with E-state index in [1.165, 1.54) is 6.07 Å². The molecule has 0 saturated heterocycles. The molecular weight excluding hydrogens is 376 g/mol. The fraction of sp³-hybridized carbons (Fsp3) is 0. The van der Waals surface area contributed by atoms with Crippen LogP contribution in [0.4, 0.5) is 0 Å². The van der Waals surface area contributed by atoms with E-state index < -0.39 is 17.4 Å². The SMILES string of the molecule is O=C(NNC(=O)c1cc2ccccc2oc1=O)c1ccccc1Br. The highest BCUT2D eigenvalue weighted by atomic mass is 79.9. The summed E-state index contributed by atoms with van der Waals surface area (Å²) in [4.78, 5) is 36.1. The summed E-state index contributed by atoms with van der Waals surface area (Å²) in [7, 11) is 0. The molecule has 7 heteroatoms. The maximum Gasteiger partial charge on any atom is 0.349 e. The number of benzene rings is 2. The molecule has 0 fully saturated rings. The van der Waals surface area contributed by atoms with Crippen LogP contribution in [0.1, 0.15) is 20.7 Å². The number of amides is 2. The Bertz CT molecular complexity index is 997. The maximum atomic E-state index is 12.1. The molecule has 6 nitrogen and oxygen atoms in total. The molecule has 1 heterocycles. The van der Waals surface area contributed by atoms with E-state index in [1.807, 2.05) is 0 Å². The predicted molar refractivity (Wildman–Crippen MR) is 91.6 cm³/mol. The minimum Gasteiger partial charge on any atom is -0.422 e. The molecule has 0 aliphatic carbocycles. The zero-order chi connectivity index (χ0) is 17.1. The summed E-state index contributed by atoms with van der Waals surface area (Å²) >= 11 is 3.25. The van der Waals surface area contributed by atoms with Crippen LogP contribution in [0.2, 0.25) is 0 Å². The van der Waals surface area contributed by atoms with Crippen molar-refractivity contribution in [3.8, 4) is 0 Å². The fourth-order valence-corrected chi connectivity index (χ4v) is 2.58. The number of fused-ring (bicyclic) bond motifs is 1. The average Bonchev–Trinajstić information content (AvgIpc) is 2.59. The van der Waals surface area contributed by atoms with Crippen molar-refractivity contribution in [2.75, 3.05) is 0 Å². The van der Waals surface area contributed by atoms with Crippen molar-refractivity contribution >= 4 is 38.7 Å². The molecule has 0 saturated carbocycles. The maximum absolute atomic E-state index is 12.1. The molecule has 3 rings (SSSR count). The number of hydrazine groups is 1. The van der Waals surface area contributed by atoms with Crippen LogP contribution in [0.15, 0.2) is 68.3 Å². The van der Waals surface area contributed by atoms with Gasteiger partial charge in [0.15, 0.2) is 0 Å². The molecular formula is C17H11BrN2O4. The van der Waals surface area contributed by atoms with Gasteiger partial charge in [0.2, 0.25) is 0 Å². The van der Waals surface area contributed by atoms with Crippen LogP contribution >= 0.6 is 15.9 Å². The lowest BCUT2D eigenvalue weighted by atomic mass is 10.2. The van der Waals surface area contributed by atoms with Crippen molar-refractivity contribution < 1.29 is 14.0 Å². The molecule has 2 aromatic carbocycles. The summed E-state index contributed by atoms with van der Waals surface area (Å²) in [6.07, 6.45) is 0. The number of hydrogen-bond acceptors (Lipinski definition) is 4. The lowest BCUT2D eigenvalue weighted by Gasteiger charge is -2.08. The smallest absolute Gasteiger partial charge is 0.349 e. The van der Waals surface area contributed by atoms with E-state index in [0.29, 0.717) is 21.0 Å². The van der Waals surface area contributed by atoms with Crippen molar-refractivity contribution in [1.82, 2.24) is 10.9 Å². The minimum atomic E-state index is -0.777. The molecule has 24 heavy (non-hydrogen) atoms. The number of nitrogens with one attached hydrogen (secondary N) is 2. The second-order valence-electron chi connectivity index (χ2n) is 4.87. The lowest BCUT2D eigenvalue weighted by molar-refractivity contribution is 0.0844. The molecule has 2 amide bonds. The molecule has 0 bridgehead atoms. The van der Waals surface area contributed by atoms with E-state index in [0.717, 1.165) is 0 Å². The number of rotatable bonds is 2. The van der Waals surface area contributed by atoms with Gasteiger partial charge >= 0.3 is 5.63 Å². The topological polar surface area (TPSA) is 88.4 Å². The molecule has 2 N–H and O–H groups in total. The summed E-state index contributed by atoms with van der Waals surface area (Å²) < 4.78 is 5.67. The third kappa shape index (κ3) is 3.21. The van der Waals surface area contributed by atoms with Gasteiger partial charge < -0.3 is 4.42 Å². The Morgan fingerprint density at radius 3 is 2.25 bits per heavy atom. The van der Waals surface area contributed by atoms with E-state index in [1.54, 1.807) is 48.5 Å². The molecule has 3 aromatic rings. The quantitative estimate of drug-likeness (QED) is 0.523. The monoisotopic (exact) mass is 386 g/mol. The van der Waals surface area contributed by atoms with Crippen LogP contribution in [-0.4, -0.2) is 11.8 Å². The number of halogens is 1. The van der Waals surface area contributed by atoms with Crippen molar-refractivity contribution in [1.29, 1.82) is 0 Å². The standard InChI is InChI=1S/C17H11BrN2O4/c18-13-7-3-2-6-11(13)15(21)19-20-16(22)12-9-10-5-1-4-8-14(10)24-17(12)23/h1-9H,(H,19,21)(H,20,22). The summed E-state index contributed by atoms with van der Waals surface area (Å²) in [6, 6.07) is 15.0. The van der Waals surface area contributed by atoms with Gasteiger partial charge in [0.1, 0.15) is 11.1 Å². The first-order valence-electron chi connectivity index (χ1n) is 6.94. The summed E-state index contributed by atoms with van der Waals surface area (Å²) in [5.74, 6) is -1.27. The largest absolute Gasteiger partial charge is 0.422 e. The molecule has 0 spiro atoms. The third-order valence-corrected chi connectivity index (χ3v) is 3.99. The van der Waals surface area contributed by atoms with Gasteiger partial charge in [0.25, 0.3) is 11.8 Å². The van der Waals surface area contributed by atoms with Crippen LogP contribution < -0.4 is 16.5 Å². The van der Waals surface area contributed by atoms with Gasteiger partial charge in [-0.05, 0) is 40.2 Å². The third-order valence-electron chi connectivity index (χ3n) is 3.29. The Morgan fingerprint density at radius 1 is 0.875 bits per heavy atom. The highest BCUT2D eigenvalue weighted by molar-refractivity contribution is 9.10. The Morgan fingerprint density at radius 2 is 1.50 bits per heavy atom. The molecule has 0 unspecified atom stereocenters. The highest BCUT2D eigenvalue weighted by Gasteiger charge is 2.15. The van der Waals surface area contributed by atoms with Gasteiger partial charge in [0.05, 0.1) is 5.56 Å². The number of hydrogen-bond donors (Lipinski definition) is 2. The van der Waals surface area contributed by atoms with Crippen molar-refractivity contribution in [2.24, 2.45) is 0 Å². The minimum absolute atomic E-state index is 0.193. The number of carbonyl (C=O) groups excluding carboxylic acids is 2. The number of carbonyl (C=O) groups is 2. The van der Waals surface area contributed by atoms with E-state index in [-0.39, 0.29) is 5.56 Å². The van der Waals surface area contributed by atoms with Gasteiger partial charge in [-0.2, -0.15) is 0 Å². The highest BCUT2D eigenvalue weighted by Crippen LogP contribution is 2.15. The van der Waals surface area contributed by atoms with Gasteiger partial charge in [0, 0.05) is 9.86 Å². The molecule has 0 aliphatic rings. The lowest BCUT2D eigenvalue weighted by Crippen LogP contribution is -2.43. The van der Waals surface area contributed by atoms with Crippen LogP contribution in [0.3, 0.4) is 0 Å². The zero-order valence-electron chi connectivity index (χ0n) is 12.2. The van der Waals surface area contributed by atoms with Crippen LogP contribution in [0.5, 0.6) is 0 Å². The molecule has 1 aromatic heterocycles. The summed E-state index contributed by atoms with van der Waals surface area (Å²) in [6.45, 7) is 0. The second kappa shape index (κ2) is 6.67. The normalized spacial score (nSPS) is 10.4. The van der Waals surface area contributed by atoms with Gasteiger partial charge in [-0.25, -0.2) is 4.79 Å². The Kier molecular flexibility index (Phi) is 4.43. The predicted octanol–water partition coefficient (Wildman–Crippen LogP) is 2.63. The Balaban J connectivity index is 1.78. The van der Waals surface area contributed by atoms with Crippen molar-refractivity contribution in [3.05, 3.63) is 80.6 Å². The fourth-order valence-electron chi connectivity index (χ4n) is 2.11. The van der Waals surface area contributed by atoms with Crippen LogP contribution in [0, 0.1) is 0 Å². The van der Waals surface area contributed by atoms with Gasteiger partial charge in [-0.15, -0.1) is 0 Å². The molecule has 0 radical (unpaired) electrons. The average molecular weight is 387 g/mol. The van der Waals surface area contributed by atoms with E-state index in [4.69, 9.17) is 4.42 Å². The van der Waals surface area contributed by atoms with Gasteiger partial charge in [-0.3, -0.25) is 20.4 Å². The van der Waals surface area contributed by atoms with Gasteiger partial charge in [-0.1, -0.05) is 30.3 Å². The first kappa shape index (κ1) is 15.9. The second-order valence-corrected chi connectivity index (χ2v) is 5.73. The molecule has 120 valence electrons. The summed E-state index contributed by atoms with van der Waals surface area (Å²) in [5.41, 5.74) is 4.24. The van der Waals surface area contributed by atoms with E-state index in [9.17, 15) is 14.4 Å². The molecule has 0 aliphatic heterocycles. The Labute approximate surface area is 144 Å². The number of para-hydroxylation sites is 1. The van der Waals surface area contributed by atoms with Crippen LogP contribution in [0.25, 0.3) is 11.0 Å².